The van der Waals surface area contributed by atoms with Gasteiger partial charge < -0.3 is 4.74 Å². The van der Waals surface area contributed by atoms with Crippen LogP contribution in [0.5, 0.6) is 0 Å². The second kappa shape index (κ2) is 9.53. The fraction of sp³-hybridized carbons (Fsp3) is 0.200. The highest BCUT2D eigenvalue weighted by Gasteiger charge is 2.26. The molecule has 1 saturated heterocycles. The summed E-state index contributed by atoms with van der Waals surface area (Å²) in [4.78, 5) is 15.1. The van der Waals surface area contributed by atoms with E-state index in [-0.39, 0.29) is 10.6 Å². The standard InChI is InChI=1S/C20H19N5O5S2/c26-25(27)17-3-1-2-15(12-17)13-21-23-20-22-19(14-31-20)16-4-6-18(7-5-16)32(28,29)24-8-10-30-11-9-24/h1-7,12-14H,8-11H2,(H,22,23)/b21-13+. The first-order chi connectivity index (χ1) is 15.4. The van der Waals surface area contributed by atoms with Gasteiger partial charge in [-0.25, -0.2) is 13.4 Å². The van der Waals surface area contributed by atoms with Gasteiger partial charge in [0.25, 0.3) is 5.69 Å². The molecule has 0 saturated carbocycles. The van der Waals surface area contributed by atoms with Gasteiger partial charge in [0, 0.05) is 41.7 Å². The Balaban J connectivity index is 1.42. The van der Waals surface area contributed by atoms with Crippen LogP contribution in [0.1, 0.15) is 5.56 Å². The van der Waals surface area contributed by atoms with E-state index in [0.29, 0.717) is 42.7 Å². The molecule has 10 nitrogen and oxygen atoms in total. The number of hydrogen-bond acceptors (Lipinski definition) is 9. The molecular weight excluding hydrogens is 454 g/mol. The summed E-state index contributed by atoms with van der Waals surface area (Å²) in [6.07, 6.45) is 1.47. The topological polar surface area (TPSA) is 127 Å². The van der Waals surface area contributed by atoms with Crippen LogP contribution < -0.4 is 5.43 Å². The molecule has 0 aliphatic carbocycles. The van der Waals surface area contributed by atoms with Gasteiger partial charge in [-0.15, -0.1) is 11.3 Å². The second-order valence-corrected chi connectivity index (χ2v) is 9.60. The van der Waals surface area contributed by atoms with Gasteiger partial charge in [0.2, 0.25) is 15.2 Å². The van der Waals surface area contributed by atoms with E-state index in [1.165, 1.54) is 34.0 Å². The molecule has 0 spiro atoms. The minimum Gasteiger partial charge on any atom is -0.379 e. The van der Waals surface area contributed by atoms with Crippen molar-refractivity contribution in [2.75, 3.05) is 31.7 Å². The van der Waals surface area contributed by atoms with Crippen LogP contribution in [-0.4, -0.2) is 55.1 Å². The van der Waals surface area contributed by atoms with Gasteiger partial charge in [0.15, 0.2) is 0 Å². The number of benzene rings is 2. The summed E-state index contributed by atoms with van der Waals surface area (Å²) < 4.78 is 32.1. The molecule has 1 aliphatic heterocycles. The molecule has 1 aromatic heterocycles. The molecule has 166 valence electrons. The summed E-state index contributed by atoms with van der Waals surface area (Å²) in [6, 6.07) is 12.7. The van der Waals surface area contributed by atoms with Crippen LogP contribution in [0, 0.1) is 10.1 Å². The molecule has 3 aromatic rings. The van der Waals surface area contributed by atoms with Crippen molar-refractivity contribution in [2.24, 2.45) is 5.10 Å². The van der Waals surface area contributed by atoms with Crippen LogP contribution in [0.15, 0.2) is 63.9 Å². The highest BCUT2D eigenvalue weighted by atomic mass is 32.2. The van der Waals surface area contributed by atoms with Gasteiger partial charge in [0.1, 0.15) is 0 Å². The molecular formula is C20H19N5O5S2. The van der Waals surface area contributed by atoms with Crippen molar-refractivity contribution in [3.05, 3.63) is 69.6 Å². The maximum Gasteiger partial charge on any atom is 0.270 e. The lowest BCUT2D eigenvalue weighted by atomic mass is 10.2. The van der Waals surface area contributed by atoms with Crippen LogP contribution in [-0.2, 0) is 14.8 Å². The minimum absolute atomic E-state index is 0.00966. The molecule has 0 unspecified atom stereocenters. The number of hydrogen-bond donors (Lipinski definition) is 1. The number of rotatable bonds is 7. The smallest absolute Gasteiger partial charge is 0.270 e. The summed E-state index contributed by atoms with van der Waals surface area (Å²) in [7, 11) is -3.54. The van der Waals surface area contributed by atoms with Crippen LogP contribution in [0.4, 0.5) is 10.8 Å². The molecule has 1 N–H and O–H groups in total. The zero-order valence-corrected chi connectivity index (χ0v) is 18.4. The number of ether oxygens (including phenoxy) is 1. The Bertz CT molecular complexity index is 1240. The zero-order valence-electron chi connectivity index (χ0n) is 16.7. The highest BCUT2D eigenvalue weighted by molar-refractivity contribution is 7.89. The normalized spacial score (nSPS) is 15.1. The lowest BCUT2D eigenvalue weighted by Gasteiger charge is -2.26. The molecule has 2 heterocycles. The molecule has 2 aromatic carbocycles. The molecule has 1 fully saturated rings. The van der Waals surface area contributed by atoms with E-state index in [1.807, 2.05) is 5.38 Å². The van der Waals surface area contributed by atoms with Crippen molar-refractivity contribution in [2.45, 2.75) is 4.90 Å². The third kappa shape index (κ3) is 4.99. The number of anilines is 1. The van der Waals surface area contributed by atoms with Crippen LogP contribution in [0.3, 0.4) is 0 Å². The molecule has 0 amide bonds. The first-order valence-corrected chi connectivity index (χ1v) is 11.9. The van der Waals surface area contributed by atoms with Crippen molar-refractivity contribution >= 4 is 38.4 Å². The Morgan fingerprint density at radius 2 is 1.94 bits per heavy atom. The fourth-order valence-electron chi connectivity index (χ4n) is 3.07. The number of nitrogens with one attached hydrogen (secondary N) is 1. The van der Waals surface area contributed by atoms with E-state index < -0.39 is 14.9 Å². The van der Waals surface area contributed by atoms with Gasteiger partial charge in [-0.05, 0) is 12.1 Å². The minimum atomic E-state index is -3.54. The number of nitro benzene ring substituents is 1. The van der Waals surface area contributed by atoms with Gasteiger partial charge in [-0.1, -0.05) is 24.3 Å². The average Bonchev–Trinajstić information content (AvgIpc) is 3.29. The third-order valence-corrected chi connectivity index (χ3v) is 7.38. The van der Waals surface area contributed by atoms with Gasteiger partial charge >= 0.3 is 0 Å². The highest BCUT2D eigenvalue weighted by Crippen LogP contribution is 2.27. The lowest BCUT2D eigenvalue weighted by Crippen LogP contribution is -2.40. The van der Waals surface area contributed by atoms with E-state index in [0.717, 1.165) is 5.56 Å². The van der Waals surface area contributed by atoms with Crippen molar-refractivity contribution in [3.8, 4) is 11.3 Å². The van der Waals surface area contributed by atoms with E-state index in [4.69, 9.17) is 4.74 Å². The monoisotopic (exact) mass is 473 g/mol. The lowest BCUT2D eigenvalue weighted by molar-refractivity contribution is -0.384. The Labute approximate surface area is 188 Å². The number of thiazole rings is 1. The van der Waals surface area contributed by atoms with Crippen LogP contribution in [0.25, 0.3) is 11.3 Å². The largest absolute Gasteiger partial charge is 0.379 e. The van der Waals surface area contributed by atoms with E-state index in [9.17, 15) is 18.5 Å². The molecule has 0 atom stereocenters. The zero-order chi connectivity index (χ0) is 22.6. The second-order valence-electron chi connectivity index (χ2n) is 6.80. The first kappa shape index (κ1) is 22.0. The molecule has 1 aliphatic rings. The maximum atomic E-state index is 12.7. The van der Waals surface area contributed by atoms with Gasteiger partial charge in [0.05, 0.1) is 34.9 Å². The molecule has 4 rings (SSSR count). The molecule has 12 heteroatoms. The summed E-state index contributed by atoms with van der Waals surface area (Å²) in [6.45, 7) is 1.50. The number of sulfonamides is 1. The first-order valence-electron chi connectivity index (χ1n) is 9.61. The Hall–Kier alpha value is -3.19. The number of aromatic nitrogens is 1. The van der Waals surface area contributed by atoms with Crippen molar-refractivity contribution in [1.29, 1.82) is 0 Å². The number of hydrazone groups is 1. The number of nitrogens with zero attached hydrogens (tertiary/aromatic N) is 4. The van der Waals surface area contributed by atoms with E-state index >= 15 is 0 Å². The van der Waals surface area contributed by atoms with Crippen molar-refractivity contribution in [3.63, 3.8) is 0 Å². The Morgan fingerprint density at radius 3 is 2.66 bits per heavy atom. The third-order valence-electron chi connectivity index (χ3n) is 4.72. The van der Waals surface area contributed by atoms with Crippen molar-refractivity contribution < 1.29 is 18.1 Å². The summed E-state index contributed by atoms with van der Waals surface area (Å²) in [5.41, 5.74) is 4.83. The predicted molar refractivity (Wildman–Crippen MR) is 121 cm³/mol. The van der Waals surface area contributed by atoms with Crippen molar-refractivity contribution in [1.82, 2.24) is 9.29 Å². The predicted octanol–water partition coefficient (Wildman–Crippen LogP) is 3.19. The summed E-state index contributed by atoms with van der Waals surface area (Å²) in [5, 5.41) is 17.3. The summed E-state index contributed by atoms with van der Waals surface area (Å²) >= 11 is 1.34. The van der Waals surface area contributed by atoms with Gasteiger partial charge in [-0.2, -0.15) is 9.41 Å². The molecule has 0 bridgehead atoms. The SMILES string of the molecule is O=[N+]([O-])c1cccc(/C=N/Nc2nc(-c3ccc(S(=O)(=O)N4CCOCC4)cc3)cs2)c1. The summed E-state index contributed by atoms with van der Waals surface area (Å²) in [5.74, 6) is 0. The number of non-ortho nitro benzene ring substituents is 1. The Morgan fingerprint density at radius 1 is 1.19 bits per heavy atom. The number of morpholine rings is 1. The van der Waals surface area contributed by atoms with Gasteiger partial charge in [-0.3, -0.25) is 15.5 Å². The quantitative estimate of drug-likeness (QED) is 0.317. The maximum absolute atomic E-state index is 12.7. The fourth-order valence-corrected chi connectivity index (χ4v) is 5.15. The average molecular weight is 474 g/mol. The Kier molecular flexibility index (Phi) is 6.55. The molecule has 0 radical (unpaired) electrons. The molecule has 32 heavy (non-hydrogen) atoms. The van der Waals surface area contributed by atoms with Crippen LogP contribution in [0.2, 0.25) is 0 Å². The van der Waals surface area contributed by atoms with E-state index in [2.05, 4.69) is 15.5 Å². The van der Waals surface area contributed by atoms with Crippen LogP contribution >= 0.6 is 11.3 Å². The number of nitro groups is 1. The van der Waals surface area contributed by atoms with E-state index in [1.54, 1.807) is 36.4 Å².